The molecule has 7 nitrogen and oxygen atoms in total. The van der Waals surface area contributed by atoms with Crippen LogP contribution < -0.4 is 11.1 Å². The zero-order chi connectivity index (χ0) is 20.3. The average Bonchev–Trinajstić information content (AvgIpc) is 3.13. The maximum atomic E-state index is 12.8. The number of piperidine rings is 1. The van der Waals surface area contributed by atoms with Crippen LogP contribution in [0.25, 0.3) is 0 Å². The van der Waals surface area contributed by atoms with Crippen LogP contribution in [0.1, 0.15) is 24.4 Å². The van der Waals surface area contributed by atoms with Crippen molar-refractivity contribution in [1.29, 1.82) is 0 Å². The van der Waals surface area contributed by atoms with Crippen LogP contribution in [0.3, 0.4) is 0 Å². The molecule has 0 spiro atoms. The molecule has 0 radical (unpaired) electrons. The fourth-order valence-electron chi connectivity index (χ4n) is 3.16. The third kappa shape index (κ3) is 4.62. The highest BCUT2D eigenvalue weighted by molar-refractivity contribution is 9.11. The van der Waals surface area contributed by atoms with Gasteiger partial charge in [0.1, 0.15) is 10.3 Å². The highest BCUT2D eigenvalue weighted by Crippen LogP contribution is 2.31. The van der Waals surface area contributed by atoms with Crippen LogP contribution in [0.2, 0.25) is 0 Å². The number of thiophene rings is 1. The molecule has 2 unspecified atom stereocenters. The van der Waals surface area contributed by atoms with Crippen molar-refractivity contribution in [1.82, 2.24) is 9.62 Å². The number of nitrogens with two attached hydrogens (primary N) is 1. The van der Waals surface area contributed by atoms with Crippen LogP contribution in [0.4, 0.5) is 0 Å². The summed E-state index contributed by atoms with van der Waals surface area (Å²) in [4.78, 5) is 24.6. The number of sulfonamides is 1. The minimum atomic E-state index is -3.65. The topological polar surface area (TPSA) is 110 Å². The van der Waals surface area contributed by atoms with E-state index in [4.69, 9.17) is 5.73 Å². The Balaban J connectivity index is 1.73. The van der Waals surface area contributed by atoms with Gasteiger partial charge in [0.2, 0.25) is 11.8 Å². The zero-order valence-electron chi connectivity index (χ0n) is 14.9. The number of rotatable bonds is 6. The number of nitrogens with zero attached hydrogens (tertiary/aromatic N) is 1. The Hall–Kier alpha value is -1.75. The van der Waals surface area contributed by atoms with Gasteiger partial charge in [-0.3, -0.25) is 9.59 Å². The normalized spacial score (nSPS) is 19.1. The molecule has 2 atom stereocenters. The molecule has 3 N–H and O–H groups in total. The van der Waals surface area contributed by atoms with E-state index in [0.29, 0.717) is 24.9 Å². The molecule has 1 saturated heterocycles. The molecule has 1 fully saturated rings. The molecular weight excluding hydrogens is 466 g/mol. The van der Waals surface area contributed by atoms with E-state index in [1.54, 1.807) is 42.5 Å². The Morgan fingerprint density at radius 2 is 1.93 bits per heavy atom. The summed E-state index contributed by atoms with van der Waals surface area (Å²) in [6.07, 6.45) is 1.11. The van der Waals surface area contributed by atoms with Gasteiger partial charge in [-0.15, -0.1) is 11.3 Å². The van der Waals surface area contributed by atoms with Gasteiger partial charge in [0.05, 0.1) is 9.70 Å². The molecule has 10 heteroatoms. The summed E-state index contributed by atoms with van der Waals surface area (Å²) in [5.41, 5.74) is 6.05. The van der Waals surface area contributed by atoms with Crippen LogP contribution in [-0.4, -0.2) is 37.6 Å². The Bertz CT molecular complexity index is 962. The smallest absolute Gasteiger partial charge is 0.252 e. The van der Waals surface area contributed by atoms with Crippen molar-refractivity contribution in [2.24, 2.45) is 11.7 Å². The zero-order valence-corrected chi connectivity index (χ0v) is 18.1. The van der Waals surface area contributed by atoms with E-state index >= 15 is 0 Å². The molecule has 150 valence electrons. The number of carbonyl (C=O) groups is 2. The van der Waals surface area contributed by atoms with E-state index in [1.165, 1.54) is 4.31 Å². The fourth-order valence-corrected chi connectivity index (χ4v) is 6.85. The number of nitrogens with one attached hydrogen (secondary N) is 1. The van der Waals surface area contributed by atoms with Crippen molar-refractivity contribution in [2.75, 3.05) is 13.1 Å². The van der Waals surface area contributed by atoms with Crippen LogP contribution in [0.5, 0.6) is 0 Å². The van der Waals surface area contributed by atoms with E-state index in [0.717, 1.165) is 15.1 Å². The van der Waals surface area contributed by atoms with E-state index in [-0.39, 0.29) is 16.7 Å². The highest BCUT2D eigenvalue weighted by atomic mass is 79.9. The summed E-state index contributed by atoms with van der Waals surface area (Å²) in [5, 5.41) is 2.68. The highest BCUT2D eigenvalue weighted by Gasteiger charge is 2.35. The SMILES string of the molecule is NC(=O)C(NC(=O)C1CCCN(S(=O)(=O)c2ccc(Br)s2)C1)c1ccccc1. The van der Waals surface area contributed by atoms with Gasteiger partial charge in [-0.2, -0.15) is 4.31 Å². The van der Waals surface area contributed by atoms with Crippen LogP contribution >= 0.6 is 27.3 Å². The molecule has 1 aliphatic heterocycles. The Morgan fingerprint density at radius 3 is 2.54 bits per heavy atom. The second-order valence-electron chi connectivity index (χ2n) is 6.52. The number of benzene rings is 1. The van der Waals surface area contributed by atoms with Crippen LogP contribution in [-0.2, 0) is 19.6 Å². The first-order chi connectivity index (χ1) is 13.3. The molecular formula is C18H20BrN3O4S2. The lowest BCUT2D eigenvalue weighted by atomic mass is 9.97. The molecule has 2 amide bonds. The minimum Gasteiger partial charge on any atom is -0.368 e. The predicted molar refractivity (Wildman–Crippen MR) is 110 cm³/mol. The molecule has 0 bridgehead atoms. The summed E-state index contributed by atoms with van der Waals surface area (Å²) in [7, 11) is -3.65. The first-order valence-electron chi connectivity index (χ1n) is 8.69. The number of amides is 2. The molecule has 0 saturated carbocycles. The minimum absolute atomic E-state index is 0.0734. The number of halogens is 1. The summed E-state index contributed by atoms with van der Waals surface area (Å²) >= 11 is 4.41. The Kier molecular flexibility index (Phi) is 6.54. The molecule has 1 aromatic heterocycles. The number of hydrogen-bond acceptors (Lipinski definition) is 5. The third-order valence-electron chi connectivity index (χ3n) is 4.60. The van der Waals surface area contributed by atoms with E-state index in [2.05, 4.69) is 21.2 Å². The average molecular weight is 486 g/mol. The van der Waals surface area contributed by atoms with Gasteiger partial charge >= 0.3 is 0 Å². The number of hydrogen-bond donors (Lipinski definition) is 2. The van der Waals surface area contributed by atoms with Gasteiger partial charge in [-0.05, 0) is 46.5 Å². The summed E-state index contributed by atoms with van der Waals surface area (Å²) in [6, 6.07) is 11.0. The van der Waals surface area contributed by atoms with Crippen molar-refractivity contribution in [3.05, 3.63) is 51.8 Å². The van der Waals surface area contributed by atoms with Crippen molar-refractivity contribution in [3.8, 4) is 0 Å². The second kappa shape index (κ2) is 8.73. The molecule has 1 aliphatic rings. The van der Waals surface area contributed by atoms with Gasteiger partial charge in [0, 0.05) is 13.1 Å². The van der Waals surface area contributed by atoms with Gasteiger partial charge in [0.15, 0.2) is 0 Å². The summed E-state index contributed by atoms with van der Waals surface area (Å²) < 4.78 is 28.0. The molecule has 2 heterocycles. The first-order valence-corrected chi connectivity index (χ1v) is 11.7. The second-order valence-corrected chi connectivity index (χ2v) is 11.1. The first kappa shape index (κ1) is 21.0. The summed E-state index contributed by atoms with van der Waals surface area (Å²) in [6.45, 7) is 0.434. The number of primary amides is 1. The van der Waals surface area contributed by atoms with Gasteiger partial charge in [0.25, 0.3) is 10.0 Å². The van der Waals surface area contributed by atoms with E-state index < -0.39 is 27.9 Å². The lowest BCUT2D eigenvalue weighted by Gasteiger charge is -2.31. The van der Waals surface area contributed by atoms with Crippen molar-refractivity contribution >= 4 is 49.1 Å². The van der Waals surface area contributed by atoms with Crippen molar-refractivity contribution in [2.45, 2.75) is 23.1 Å². The van der Waals surface area contributed by atoms with Crippen molar-refractivity contribution < 1.29 is 18.0 Å². The molecule has 28 heavy (non-hydrogen) atoms. The largest absolute Gasteiger partial charge is 0.368 e. The molecule has 0 aliphatic carbocycles. The van der Waals surface area contributed by atoms with Crippen LogP contribution in [0.15, 0.2) is 50.5 Å². The van der Waals surface area contributed by atoms with E-state index in [1.807, 2.05) is 0 Å². The van der Waals surface area contributed by atoms with Gasteiger partial charge in [-0.1, -0.05) is 30.3 Å². The van der Waals surface area contributed by atoms with Crippen LogP contribution in [0, 0.1) is 5.92 Å². The Labute approximate surface area is 176 Å². The quantitative estimate of drug-likeness (QED) is 0.653. The third-order valence-corrected chi connectivity index (χ3v) is 8.56. The predicted octanol–water partition coefficient (Wildman–Crippen LogP) is 2.25. The maximum Gasteiger partial charge on any atom is 0.252 e. The Morgan fingerprint density at radius 1 is 1.21 bits per heavy atom. The standard InChI is InChI=1S/C18H20BrN3O4S2/c19-14-8-9-15(27-14)28(25,26)22-10-4-7-13(11-22)18(24)21-16(17(20)23)12-5-2-1-3-6-12/h1-3,5-6,8-9,13,16H,4,7,10-11H2,(H2,20,23)(H,21,24). The molecule has 3 rings (SSSR count). The van der Waals surface area contributed by atoms with Crippen molar-refractivity contribution in [3.63, 3.8) is 0 Å². The lowest BCUT2D eigenvalue weighted by Crippen LogP contribution is -2.47. The fraction of sp³-hybridized carbons (Fsp3) is 0.333. The summed E-state index contributed by atoms with van der Waals surface area (Å²) in [5.74, 6) is -1.58. The number of carbonyl (C=O) groups excluding carboxylic acids is 2. The maximum absolute atomic E-state index is 12.8. The monoisotopic (exact) mass is 485 g/mol. The lowest BCUT2D eigenvalue weighted by molar-refractivity contribution is -0.130. The van der Waals surface area contributed by atoms with Gasteiger partial charge in [-0.25, -0.2) is 8.42 Å². The molecule has 2 aromatic rings. The molecule has 1 aromatic carbocycles. The van der Waals surface area contributed by atoms with E-state index in [9.17, 15) is 18.0 Å². The van der Waals surface area contributed by atoms with Gasteiger partial charge < -0.3 is 11.1 Å².